The minimum absolute atomic E-state index is 0.0860. The summed E-state index contributed by atoms with van der Waals surface area (Å²) in [5, 5.41) is 0. The molecule has 0 N–H and O–H groups in total. The summed E-state index contributed by atoms with van der Waals surface area (Å²) in [6.45, 7) is 1.62. The van der Waals surface area contributed by atoms with E-state index in [4.69, 9.17) is 4.74 Å². The maximum atomic E-state index is 11.3. The first-order valence-corrected chi connectivity index (χ1v) is 4.58. The zero-order valence-corrected chi connectivity index (χ0v) is 9.26. The number of hydrogen-bond donors (Lipinski definition) is 0. The van der Waals surface area contributed by atoms with Crippen molar-refractivity contribution in [3.8, 4) is 6.01 Å². The summed E-state index contributed by atoms with van der Waals surface area (Å²) in [5.74, 6) is -1.03. The molecule has 16 heavy (non-hydrogen) atoms. The summed E-state index contributed by atoms with van der Waals surface area (Å²) in [6, 6.07) is 0.0860. The first-order valence-electron chi connectivity index (χ1n) is 4.58. The Morgan fingerprint density at radius 3 is 2.69 bits per heavy atom. The predicted octanol–water partition coefficient (Wildman–Crippen LogP) is 0.574. The summed E-state index contributed by atoms with van der Waals surface area (Å²) in [7, 11) is 2.68. The average molecular weight is 224 g/mol. The van der Waals surface area contributed by atoms with Crippen LogP contribution in [0.3, 0.4) is 0 Å². The highest BCUT2D eigenvalue weighted by Gasteiger charge is 2.20. The summed E-state index contributed by atoms with van der Waals surface area (Å²) in [6.07, 6.45) is 1.94. The van der Waals surface area contributed by atoms with Crippen LogP contribution in [0.1, 0.15) is 28.9 Å². The molecule has 0 amide bonds. The molecule has 0 aliphatic heterocycles. The molecule has 1 atom stereocenters. The minimum atomic E-state index is -0.587. The largest absolute Gasteiger partial charge is 0.469 e. The first kappa shape index (κ1) is 12.1. The summed E-state index contributed by atoms with van der Waals surface area (Å²) in [4.78, 5) is 29.8. The Morgan fingerprint density at radius 1 is 1.50 bits per heavy atom. The zero-order chi connectivity index (χ0) is 12.1. The first-order chi connectivity index (χ1) is 7.63. The van der Waals surface area contributed by atoms with Gasteiger partial charge in [0.15, 0.2) is 6.29 Å². The third kappa shape index (κ3) is 2.33. The fraction of sp³-hybridized carbons (Fsp3) is 0.400. The van der Waals surface area contributed by atoms with E-state index in [1.165, 1.54) is 20.4 Å². The van der Waals surface area contributed by atoms with Crippen molar-refractivity contribution in [3.05, 3.63) is 17.5 Å². The minimum Gasteiger partial charge on any atom is -0.469 e. The van der Waals surface area contributed by atoms with Gasteiger partial charge in [-0.2, -0.15) is 4.98 Å². The highest BCUT2D eigenvalue weighted by atomic mass is 16.5. The molecule has 1 heterocycles. The fourth-order valence-corrected chi connectivity index (χ4v) is 1.22. The molecule has 0 spiro atoms. The second kappa shape index (κ2) is 5.20. The lowest BCUT2D eigenvalue weighted by atomic mass is 10.0. The van der Waals surface area contributed by atoms with E-state index in [2.05, 4.69) is 14.7 Å². The number of aromatic nitrogens is 2. The normalized spacial score (nSPS) is 11.7. The molecule has 1 aromatic rings. The highest BCUT2D eigenvalue weighted by Crippen LogP contribution is 2.19. The number of methoxy groups -OCH3 is 2. The molecule has 0 aliphatic rings. The maximum Gasteiger partial charge on any atom is 0.316 e. The number of carbonyl (C=O) groups excluding carboxylic acids is 2. The topological polar surface area (TPSA) is 78.4 Å². The third-order valence-electron chi connectivity index (χ3n) is 2.14. The van der Waals surface area contributed by atoms with Crippen molar-refractivity contribution in [1.29, 1.82) is 0 Å². The van der Waals surface area contributed by atoms with Crippen molar-refractivity contribution < 1.29 is 19.1 Å². The molecule has 0 aromatic carbocycles. The van der Waals surface area contributed by atoms with Crippen molar-refractivity contribution in [3.63, 3.8) is 0 Å². The lowest BCUT2D eigenvalue weighted by molar-refractivity contribution is -0.142. The van der Waals surface area contributed by atoms with Gasteiger partial charge in [-0.3, -0.25) is 9.59 Å². The molecular formula is C10H12N2O4. The lowest BCUT2D eigenvalue weighted by Crippen LogP contribution is -2.14. The molecule has 6 heteroatoms. The number of esters is 1. The van der Waals surface area contributed by atoms with Crippen LogP contribution >= 0.6 is 0 Å². The van der Waals surface area contributed by atoms with Gasteiger partial charge in [-0.05, 0) is 6.92 Å². The van der Waals surface area contributed by atoms with Crippen LogP contribution in [0, 0.1) is 0 Å². The van der Waals surface area contributed by atoms with E-state index in [-0.39, 0.29) is 11.7 Å². The zero-order valence-electron chi connectivity index (χ0n) is 9.26. The van der Waals surface area contributed by atoms with Crippen LogP contribution in [0.2, 0.25) is 0 Å². The predicted molar refractivity (Wildman–Crippen MR) is 54.4 cm³/mol. The molecule has 1 unspecified atom stereocenters. The van der Waals surface area contributed by atoms with Crippen LogP contribution in [0.5, 0.6) is 6.01 Å². The van der Waals surface area contributed by atoms with E-state index in [0.717, 1.165) is 0 Å². The van der Waals surface area contributed by atoms with Crippen molar-refractivity contribution in [2.45, 2.75) is 12.8 Å². The van der Waals surface area contributed by atoms with Gasteiger partial charge in [0.05, 0.1) is 20.1 Å². The van der Waals surface area contributed by atoms with Crippen LogP contribution in [0.4, 0.5) is 0 Å². The van der Waals surface area contributed by atoms with Crippen LogP contribution in [-0.2, 0) is 9.53 Å². The molecule has 6 nitrogen and oxygen atoms in total. The van der Waals surface area contributed by atoms with Gasteiger partial charge in [0.25, 0.3) is 0 Å². The third-order valence-corrected chi connectivity index (χ3v) is 2.14. The standard InChI is InChI=1S/C10H12N2O4/c1-6(9(14)15-2)7-4-11-10(16-3)12-8(7)5-13/h4-6H,1-3H3. The molecule has 1 aromatic heterocycles. The molecule has 0 aliphatic carbocycles. The lowest BCUT2D eigenvalue weighted by Gasteiger charge is -2.10. The maximum absolute atomic E-state index is 11.3. The Balaban J connectivity index is 3.13. The fourth-order valence-electron chi connectivity index (χ4n) is 1.22. The van der Waals surface area contributed by atoms with E-state index in [9.17, 15) is 9.59 Å². The second-order valence-corrected chi connectivity index (χ2v) is 3.06. The Labute approximate surface area is 92.6 Å². The van der Waals surface area contributed by atoms with Crippen LogP contribution < -0.4 is 4.74 Å². The molecular weight excluding hydrogens is 212 g/mol. The molecule has 0 fully saturated rings. The number of ether oxygens (including phenoxy) is 2. The van der Waals surface area contributed by atoms with Crippen LogP contribution in [0.15, 0.2) is 6.20 Å². The van der Waals surface area contributed by atoms with Gasteiger partial charge >= 0.3 is 12.0 Å². The Hall–Kier alpha value is -1.98. The van der Waals surface area contributed by atoms with Gasteiger partial charge in [0, 0.05) is 11.8 Å². The SMILES string of the molecule is COC(=O)C(C)c1cnc(OC)nc1C=O. The molecule has 0 saturated heterocycles. The Kier molecular flexibility index (Phi) is 3.93. The molecule has 86 valence electrons. The van der Waals surface area contributed by atoms with Crippen LogP contribution in [-0.4, -0.2) is 36.4 Å². The van der Waals surface area contributed by atoms with Gasteiger partial charge in [0.2, 0.25) is 0 Å². The second-order valence-electron chi connectivity index (χ2n) is 3.06. The van der Waals surface area contributed by atoms with E-state index < -0.39 is 11.9 Å². The molecule has 0 bridgehead atoms. The number of rotatable bonds is 4. The van der Waals surface area contributed by atoms with E-state index in [1.54, 1.807) is 6.92 Å². The molecule has 0 saturated carbocycles. The monoisotopic (exact) mass is 224 g/mol. The van der Waals surface area contributed by atoms with Crippen LogP contribution in [0.25, 0.3) is 0 Å². The average Bonchev–Trinajstić information content (AvgIpc) is 2.35. The quantitative estimate of drug-likeness (QED) is 0.549. The molecule has 1 rings (SSSR count). The molecule has 0 radical (unpaired) electrons. The van der Waals surface area contributed by atoms with E-state index in [0.29, 0.717) is 11.8 Å². The van der Waals surface area contributed by atoms with Gasteiger partial charge in [-0.15, -0.1) is 0 Å². The van der Waals surface area contributed by atoms with Crippen molar-refractivity contribution >= 4 is 12.3 Å². The van der Waals surface area contributed by atoms with Gasteiger partial charge in [-0.1, -0.05) is 0 Å². The van der Waals surface area contributed by atoms with Crippen molar-refractivity contribution in [2.75, 3.05) is 14.2 Å². The van der Waals surface area contributed by atoms with E-state index in [1.807, 2.05) is 0 Å². The van der Waals surface area contributed by atoms with Gasteiger partial charge in [-0.25, -0.2) is 4.98 Å². The number of carbonyl (C=O) groups is 2. The Bertz CT molecular complexity index is 406. The van der Waals surface area contributed by atoms with E-state index >= 15 is 0 Å². The highest BCUT2D eigenvalue weighted by molar-refractivity contribution is 5.82. The number of aldehydes is 1. The summed E-state index contributed by atoms with van der Waals surface area (Å²) >= 11 is 0. The smallest absolute Gasteiger partial charge is 0.316 e. The van der Waals surface area contributed by atoms with Crippen molar-refractivity contribution in [2.24, 2.45) is 0 Å². The Morgan fingerprint density at radius 2 is 2.19 bits per heavy atom. The summed E-state index contributed by atoms with van der Waals surface area (Å²) < 4.78 is 9.36. The van der Waals surface area contributed by atoms with Gasteiger partial charge in [0.1, 0.15) is 5.69 Å². The number of nitrogens with zero attached hydrogens (tertiary/aromatic N) is 2. The van der Waals surface area contributed by atoms with Crippen molar-refractivity contribution in [1.82, 2.24) is 9.97 Å². The number of hydrogen-bond acceptors (Lipinski definition) is 6. The summed E-state index contributed by atoms with van der Waals surface area (Å²) in [5.41, 5.74) is 0.549. The van der Waals surface area contributed by atoms with Gasteiger partial charge < -0.3 is 9.47 Å².